The Morgan fingerprint density at radius 3 is 2.35 bits per heavy atom. The molecular formula is C8H3BrF3NO3S. The van der Waals surface area contributed by atoms with Crippen LogP contribution >= 0.6 is 15.9 Å². The van der Waals surface area contributed by atoms with Crippen LogP contribution in [-0.4, -0.2) is 14.3 Å². The van der Waals surface area contributed by atoms with Crippen LogP contribution in [0.25, 0.3) is 0 Å². The van der Waals surface area contributed by atoms with Crippen molar-refractivity contribution in [1.29, 1.82) is 0 Å². The molecule has 0 atom stereocenters. The molecular weight excluding hydrogens is 327 g/mol. The van der Waals surface area contributed by atoms with Crippen LogP contribution in [0.2, 0.25) is 0 Å². The largest absolute Gasteiger partial charge is 0.417 e. The molecule has 1 aromatic carbocycles. The van der Waals surface area contributed by atoms with Gasteiger partial charge in [-0.15, -0.1) is 0 Å². The minimum atomic E-state index is -4.70. The van der Waals surface area contributed by atoms with E-state index in [1.165, 1.54) is 0 Å². The summed E-state index contributed by atoms with van der Waals surface area (Å²) in [6.45, 7) is 0. The van der Waals surface area contributed by atoms with Gasteiger partial charge in [0.1, 0.15) is 4.90 Å². The molecule has 2 rings (SSSR count). The van der Waals surface area contributed by atoms with Crippen molar-refractivity contribution in [3.8, 4) is 0 Å². The van der Waals surface area contributed by atoms with Gasteiger partial charge in [-0.05, 0) is 12.1 Å². The van der Waals surface area contributed by atoms with Crippen LogP contribution in [0.15, 0.2) is 21.5 Å². The summed E-state index contributed by atoms with van der Waals surface area (Å²) in [5, 5.41) is 0. The minimum Gasteiger partial charge on any atom is -0.268 e. The number of carbonyl (C=O) groups is 1. The number of carbonyl (C=O) groups excluding carboxylic acids is 1. The van der Waals surface area contributed by atoms with Gasteiger partial charge in [0.05, 0.1) is 11.1 Å². The Hall–Kier alpha value is -1.09. The Morgan fingerprint density at radius 2 is 1.82 bits per heavy atom. The summed E-state index contributed by atoms with van der Waals surface area (Å²) < 4.78 is 61.5. The van der Waals surface area contributed by atoms with Crippen LogP contribution in [-0.2, 0) is 16.2 Å². The molecule has 1 N–H and O–H groups in total. The smallest absolute Gasteiger partial charge is 0.268 e. The van der Waals surface area contributed by atoms with E-state index in [0.29, 0.717) is 6.07 Å². The maximum Gasteiger partial charge on any atom is 0.417 e. The molecule has 1 aromatic rings. The van der Waals surface area contributed by atoms with Gasteiger partial charge in [0.25, 0.3) is 15.9 Å². The molecule has 17 heavy (non-hydrogen) atoms. The van der Waals surface area contributed by atoms with Crippen molar-refractivity contribution < 1.29 is 26.4 Å². The van der Waals surface area contributed by atoms with Gasteiger partial charge in [-0.3, -0.25) is 4.79 Å². The second-order valence-corrected chi connectivity index (χ2v) is 5.77. The predicted molar refractivity (Wildman–Crippen MR) is 53.8 cm³/mol. The van der Waals surface area contributed by atoms with Crippen molar-refractivity contribution in [2.75, 3.05) is 0 Å². The lowest BCUT2D eigenvalue weighted by Crippen LogP contribution is -2.20. The highest BCUT2D eigenvalue weighted by Crippen LogP contribution is 2.38. The van der Waals surface area contributed by atoms with Gasteiger partial charge in [-0.2, -0.15) is 13.2 Å². The number of nitrogens with one attached hydrogen (secondary N) is 1. The molecule has 0 unspecified atom stereocenters. The average molecular weight is 330 g/mol. The predicted octanol–water partition coefficient (Wildman–Crippen LogP) is 1.90. The molecule has 1 heterocycles. The van der Waals surface area contributed by atoms with Gasteiger partial charge in [0.2, 0.25) is 0 Å². The maximum absolute atomic E-state index is 12.5. The van der Waals surface area contributed by atoms with Crippen molar-refractivity contribution in [3.05, 3.63) is 27.7 Å². The van der Waals surface area contributed by atoms with Crippen LogP contribution in [0.3, 0.4) is 0 Å². The Balaban J connectivity index is 2.78. The number of rotatable bonds is 0. The second kappa shape index (κ2) is 3.45. The van der Waals surface area contributed by atoms with E-state index >= 15 is 0 Å². The van der Waals surface area contributed by atoms with E-state index < -0.39 is 32.6 Å². The topological polar surface area (TPSA) is 63.2 Å². The van der Waals surface area contributed by atoms with Gasteiger partial charge in [-0.25, -0.2) is 13.1 Å². The number of hydrogen-bond donors (Lipinski definition) is 1. The Labute approximate surface area is 102 Å². The van der Waals surface area contributed by atoms with Crippen molar-refractivity contribution in [3.63, 3.8) is 0 Å². The molecule has 0 radical (unpaired) electrons. The molecule has 0 spiro atoms. The third kappa shape index (κ3) is 1.93. The molecule has 1 aliphatic heterocycles. The van der Waals surface area contributed by atoms with Gasteiger partial charge < -0.3 is 0 Å². The van der Waals surface area contributed by atoms with E-state index in [4.69, 9.17) is 0 Å². The number of fused-ring (bicyclic) bond motifs is 1. The lowest BCUT2D eigenvalue weighted by atomic mass is 10.1. The van der Waals surface area contributed by atoms with Gasteiger partial charge >= 0.3 is 6.18 Å². The van der Waals surface area contributed by atoms with Crippen LogP contribution in [0, 0.1) is 0 Å². The summed E-state index contributed by atoms with van der Waals surface area (Å²) >= 11 is 2.66. The molecule has 92 valence electrons. The monoisotopic (exact) mass is 329 g/mol. The third-order valence-electron chi connectivity index (χ3n) is 2.14. The zero-order valence-corrected chi connectivity index (χ0v) is 10.2. The van der Waals surface area contributed by atoms with Crippen molar-refractivity contribution in [1.82, 2.24) is 4.72 Å². The number of alkyl halides is 3. The van der Waals surface area contributed by atoms with E-state index in [2.05, 4.69) is 15.9 Å². The minimum absolute atomic E-state index is 0.301. The summed E-state index contributed by atoms with van der Waals surface area (Å²) in [4.78, 5) is 10.5. The first-order chi connectivity index (χ1) is 7.63. The van der Waals surface area contributed by atoms with Crippen molar-refractivity contribution >= 4 is 31.9 Å². The zero-order chi connectivity index (χ0) is 13.0. The fraction of sp³-hybridized carbons (Fsp3) is 0.125. The standard InChI is InChI=1S/C8H3BrF3NO3S/c9-5-1-3-6(2-4(5)8(10,11)12)17(15,16)13-7(3)14/h1-2H,(H,13,14). The van der Waals surface area contributed by atoms with E-state index in [-0.39, 0.29) is 10.0 Å². The molecule has 0 bridgehead atoms. The Bertz CT molecular complexity index is 624. The van der Waals surface area contributed by atoms with Gasteiger partial charge in [0, 0.05) is 4.47 Å². The summed E-state index contributed by atoms with van der Waals surface area (Å²) in [5.74, 6) is -0.936. The molecule has 0 fully saturated rings. The average Bonchev–Trinajstić information content (AvgIpc) is 2.34. The SMILES string of the molecule is O=C1NS(=O)(=O)c2cc(C(F)(F)F)c(Br)cc21. The molecule has 0 aliphatic carbocycles. The highest BCUT2D eigenvalue weighted by atomic mass is 79.9. The van der Waals surface area contributed by atoms with Crippen LogP contribution in [0.1, 0.15) is 15.9 Å². The molecule has 1 aliphatic rings. The number of halogens is 4. The molecule has 9 heteroatoms. The number of benzene rings is 1. The fourth-order valence-electron chi connectivity index (χ4n) is 1.40. The highest BCUT2D eigenvalue weighted by molar-refractivity contribution is 9.10. The molecule has 4 nitrogen and oxygen atoms in total. The van der Waals surface area contributed by atoms with E-state index in [1.54, 1.807) is 4.72 Å². The number of hydrogen-bond acceptors (Lipinski definition) is 3. The van der Waals surface area contributed by atoms with E-state index in [9.17, 15) is 26.4 Å². The van der Waals surface area contributed by atoms with E-state index in [1.807, 2.05) is 0 Å². The normalized spacial score (nSPS) is 17.8. The Morgan fingerprint density at radius 1 is 1.24 bits per heavy atom. The van der Waals surface area contributed by atoms with Crippen LogP contribution < -0.4 is 4.72 Å². The van der Waals surface area contributed by atoms with Crippen LogP contribution in [0.4, 0.5) is 13.2 Å². The lowest BCUT2D eigenvalue weighted by Gasteiger charge is -2.09. The lowest BCUT2D eigenvalue weighted by molar-refractivity contribution is -0.138. The quantitative estimate of drug-likeness (QED) is 0.790. The first-order valence-electron chi connectivity index (χ1n) is 4.11. The molecule has 1 amide bonds. The van der Waals surface area contributed by atoms with Gasteiger partial charge in [0.15, 0.2) is 0 Å². The van der Waals surface area contributed by atoms with E-state index in [0.717, 1.165) is 6.07 Å². The highest BCUT2D eigenvalue weighted by Gasteiger charge is 2.39. The van der Waals surface area contributed by atoms with Crippen LogP contribution in [0.5, 0.6) is 0 Å². The fourth-order valence-corrected chi connectivity index (χ4v) is 3.15. The van der Waals surface area contributed by atoms with Crippen molar-refractivity contribution in [2.45, 2.75) is 11.1 Å². The first-order valence-corrected chi connectivity index (χ1v) is 6.38. The number of sulfonamides is 1. The molecule has 0 saturated carbocycles. The maximum atomic E-state index is 12.5. The third-order valence-corrected chi connectivity index (χ3v) is 4.16. The molecule has 0 aromatic heterocycles. The van der Waals surface area contributed by atoms with Crippen molar-refractivity contribution in [2.24, 2.45) is 0 Å². The first kappa shape index (κ1) is 12.4. The summed E-state index contributed by atoms with van der Waals surface area (Å²) in [6.07, 6.45) is -4.70. The zero-order valence-electron chi connectivity index (χ0n) is 7.80. The summed E-state index contributed by atoms with van der Waals surface area (Å²) in [7, 11) is -4.17. The summed E-state index contributed by atoms with van der Waals surface area (Å²) in [5.41, 5.74) is -1.44. The second-order valence-electron chi connectivity index (χ2n) is 3.26. The molecule has 0 saturated heterocycles. The Kier molecular flexibility index (Phi) is 2.51. The number of amides is 1. The van der Waals surface area contributed by atoms with Gasteiger partial charge in [-0.1, -0.05) is 15.9 Å². The summed E-state index contributed by atoms with van der Waals surface area (Å²) in [6, 6.07) is 1.28.